The molecule has 2 fully saturated rings. The summed E-state index contributed by atoms with van der Waals surface area (Å²) >= 11 is 0. The van der Waals surface area contributed by atoms with Crippen LogP contribution in [0.25, 0.3) is 28.1 Å². The molecule has 4 heterocycles. The minimum atomic E-state index is -1.06. The van der Waals surface area contributed by atoms with Crippen molar-refractivity contribution < 1.29 is 9.50 Å². The number of hydrogen-bond donors (Lipinski definition) is 2. The van der Waals surface area contributed by atoms with Crippen molar-refractivity contribution >= 4 is 16.8 Å². The van der Waals surface area contributed by atoms with E-state index in [0.29, 0.717) is 29.5 Å². The van der Waals surface area contributed by atoms with Gasteiger partial charge >= 0.3 is 0 Å². The van der Waals surface area contributed by atoms with Crippen LogP contribution in [0, 0.1) is 0 Å². The second-order valence-corrected chi connectivity index (χ2v) is 8.23. The van der Waals surface area contributed by atoms with Crippen LogP contribution in [0.3, 0.4) is 0 Å². The molecule has 2 aromatic heterocycles. The molecule has 3 atom stereocenters. The van der Waals surface area contributed by atoms with E-state index in [1.54, 1.807) is 30.7 Å². The minimum Gasteiger partial charge on any atom is -0.507 e. The summed E-state index contributed by atoms with van der Waals surface area (Å²) in [4.78, 5) is 8.42. The summed E-state index contributed by atoms with van der Waals surface area (Å²) < 4.78 is 15.1. The van der Waals surface area contributed by atoms with E-state index in [-0.39, 0.29) is 5.75 Å². The van der Waals surface area contributed by atoms with Crippen LogP contribution >= 0.6 is 0 Å². The summed E-state index contributed by atoms with van der Waals surface area (Å²) in [5, 5.41) is 24.0. The Morgan fingerprint density at radius 3 is 2.97 bits per heavy atom. The fraction of sp³-hybridized carbons (Fsp3) is 0.364. The molecule has 2 aliphatic heterocycles. The normalized spacial score (nSPS) is 28.0. The van der Waals surface area contributed by atoms with Gasteiger partial charge in [0, 0.05) is 29.4 Å². The van der Waals surface area contributed by atoms with Gasteiger partial charge in [-0.3, -0.25) is 4.98 Å². The first-order valence-electron chi connectivity index (χ1n) is 9.91. The van der Waals surface area contributed by atoms with Gasteiger partial charge in [-0.2, -0.15) is 0 Å². The Kier molecular flexibility index (Phi) is 4.28. The molecule has 29 heavy (non-hydrogen) atoms. The van der Waals surface area contributed by atoms with Crippen molar-refractivity contribution in [2.24, 2.45) is 0 Å². The van der Waals surface area contributed by atoms with Crippen molar-refractivity contribution in [1.82, 2.24) is 25.5 Å². The summed E-state index contributed by atoms with van der Waals surface area (Å²) in [5.41, 5.74) is 1.24. The van der Waals surface area contributed by atoms with Crippen LogP contribution in [0.4, 0.5) is 4.39 Å². The molecule has 2 N–H and O–H groups in total. The fourth-order valence-electron chi connectivity index (χ4n) is 4.58. The molecule has 0 aliphatic carbocycles. The monoisotopic (exact) mass is 391 g/mol. The lowest BCUT2D eigenvalue weighted by molar-refractivity contribution is 0.0993. The summed E-state index contributed by atoms with van der Waals surface area (Å²) in [6, 6.07) is 5.66. The number of halogens is 1. The number of alkyl halides is 1. The number of rotatable bonds is 2. The molecule has 0 amide bonds. The molecular weight excluding hydrogens is 369 g/mol. The Labute approximate surface area is 167 Å². The van der Waals surface area contributed by atoms with Gasteiger partial charge in [0.15, 0.2) is 5.82 Å². The van der Waals surface area contributed by atoms with Crippen LogP contribution in [0.1, 0.15) is 38.4 Å². The Morgan fingerprint density at radius 1 is 1.24 bits per heavy atom. The van der Waals surface area contributed by atoms with Crippen molar-refractivity contribution in [3.05, 3.63) is 48.2 Å². The van der Waals surface area contributed by atoms with Gasteiger partial charge in [0.1, 0.15) is 17.6 Å². The van der Waals surface area contributed by atoms with E-state index in [1.165, 1.54) is 0 Å². The molecule has 1 aromatic carbocycles. The average Bonchev–Trinajstić information content (AvgIpc) is 2.72. The quantitative estimate of drug-likeness (QED) is 0.691. The SMILES string of the molecule is C[C@]12CCC[C@H](C/C(=C\c3ncc(-c4cc5ccncc5cc4O)nn3)[C@@H]1F)N2. The van der Waals surface area contributed by atoms with Gasteiger partial charge in [0.2, 0.25) is 0 Å². The second-order valence-electron chi connectivity index (χ2n) is 8.23. The van der Waals surface area contributed by atoms with Crippen LogP contribution in [-0.2, 0) is 0 Å². The topological polar surface area (TPSA) is 83.8 Å². The molecule has 3 aromatic rings. The fourth-order valence-corrected chi connectivity index (χ4v) is 4.58. The lowest BCUT2D eigenvalue weighted by Gasteiger charge is -2.47. The number of phenolic OH excluding ortho intramolecular Hbond substituents is 1. The third-order valence-corrected chi connectivity index (χ3v) is 6.07. The highest BCUT2D eigenvalue weighted by atomic mass is 19.1. The van der Waals surface area contributed by atoms with E-state index < -0.39 is 11.7 Å². The van der Waals surface area contributed by atoms with E-state index in [9.17, 15) is 5.11 Å². The molecule has 2 saturated heterocycles. The maximum atomic E-state index is 15.1. The number of benzene rings is 1. The van der Waals surface area contributed by atoms with Crippen molar-refractivity contribution in [1.29, 1.82) is 0 Å². The van der Waals surface area contributed by atoms with Crippen LogP contribution in [0.5, 0.6) is 5.75 Å². The summed E-state index contributed by atoms with van der Waals surface area (Å²) in [7, 11) is 0. The summed E-state index contributed by atoms with van der Waals surface area (Å²) in [5.74, 6) is 0.482. The van der Waals surface area contributed by atoms with E-state index in [4.69, 9.17) is 0 Å². The molecule has 0 radical (unpaired) electrons. The van der Waals surface area contributed by atoms with E-state index in [0.717, 1.165) is 35.6 Å². The molecule has 6 nitrogen and oxygen atoms in total. The maximum absolute atomic E-state index is 15.1. The number of fused-ring (bicyclic) bond motifs is 3. The van der Waals surface area contributed by atoms with E-state index in [1.807, 2.05) is 19.1 Å². The van der Waals surface area contributed by atoms with E-state index >= 15 is 4.39 Å². The average molecular weight is 391 g/mol. The number of aromatic nitrogens is 4. The van der Waals surface area contributed by atoms with Gasteiger partial charge in [-0.25, -0.2) is 9.37 Å². The molecule has 2 bridgehead atoms. The third kappa shape index (κ3) is 3.25. The van der Waals surface area contributed by atoms with Gasteiger partial charge in [0.05, 0.1) is 11.7 Å². The molecular formula is C22H22FN5O. The molecule has 0 saturated carbocycles. The van der Waals surface area contributed by atoms with Gasteiger partial charge in [-0.15, -0.1) is 10.2 Å². The predicted octanol–water partition coefficient (Wildman–Crippen LogP) is 3.82. The first-order chi connectivity index (χ1) is 14.0. The Morgan fingerprint density at radius 2 is 2.14 bits per heavy atom. The zero-order chi connectivity index (χ0) is 20.0. The Balaban J connectivity index is 1.45. The highest BCUT2D eigenvalue weighted by Crippen LogP contribution is 2.39. The number of hydrogen-bond acceptors (Lipinski definition) is 6. The minimum absolute atomic E-state index is 0.0932. The lowest BCUT2D eigenvalue weighted by Crippen LogP contribution is -2.61. The number of pyridine rings is 1. The summed E-state index contributed by atoms with van der Waals surface area (Å²) in [6.45, 7) is 1.96. The van der Waals surface area contributed by atoms with Crippen LogP contribution in [0.2, 0.25) is 0 Å². The first kappa shape index (κ1) is 18.1. The molecule has 0 unspecified atom stereocenters. The zero-order valence-corrected chi connectivity index (χ0v) is 16.1. The van der Waals surface area contributed by atoms with Crippen LogP contribution in [0.15, 0.2) is 42.4 Å². The third-order valence-electron chi connectivity index (χ3n) is 6.07. The van der Waals surface area contributed by atoms with Crippen molar-refractivity contribution in [2.75, 3.05) is 0 Å². The van der Waals surface area contributed by atoms with Crippen molar-refractivity contribution in [3.63, 3.8) is 0 Å². The van der Waals surface area contributed by atoms with Gasteiger partial charge < -0.3 is 10.4 Å². The number of nitrogens with zero attached hydrogens (tertiary/aromatic N) is 4. The van der Waals surface area contributed by atoms with Gasteiger partial charge in [-0.05, 0) is 67.8 Å². The first-order valence-corrected chi connectivity index (χ1v) is 9.91. The zero-order valence-electron chi connectivity index (χ0n) is 16.1. The van der Waals surface area contributed by atoms with Crippen LogP contribution in [-0.4, -0.2) is 43.0 Å². The molecule has 2 aliphatic rings. The lowest BCUT2D eigenvalue weighted by atomic mass is 9.74. The maximum Gasteiger partial charge on any atom is 0.174 e. The molecule has 0 spiro atoms. The number of aromatic hydroxyl groups is 1. The molecule has 7 heteroatoms. The van der Waals surface area contributed by atoms with Gasteiger partial charge in [0.25, 0.3) is 0 Å². The standard InChI is InChI=1S/C22H22FN5O/c1-22-5-2-3-16(26-22)7-14(21(22)23)10-20-25-12-18(27-28-20)17-8-13-4-6-24-11-15(13)9-19(17)29/h4,6,8-12,16,21,26,29H,2-3,5,7H2,1H3/b14-10+/t16-,21+,22+/m1/s1. The van der Waals surface area contributed by atoms with Crippen LogP contribution < -0.4 is 5.32 Å². The number of nitrogens with one attached hydrogen (secondary N) is 1. The number of phenols is 1. The largest absolute Gasteiger partial charge is 0.507 e. The Hall–Kier alpha value is -2.93. The second kappa shape index (κ2) is 6.84. The molecule has 148 valence electrons. The summed E-state index contributed by atoms with van der Waals surface area (Å²) in [6.07, 6.45) is 9.25. The van der Waals surface area contributed by atoms with Gasteiger partial charge in [-0.1, -0.05) is 0 Å². The predicted molar refractivity (Wildman–Crippen MR) is 109 cm³/mol. The smallest absolute Gasteiger partial charge is 0.174 e. The highest BCUT2D eigenvalue weighted by Gasteiger charge is 2.45. The van der Waals surface area contributed by atoms with Crippen molar-refractivity contribution in [2.45, 2.75) is 50.4 Å². The number of piperidine rings is 2. The molecule has 5 rings (SSSR count). The van der Waals surface area contributed by atoms with Crippen molar-refractivity contribution in [3.8, 4) is 17.0 Å². The highest BCUT2D eigenvalue weighted by molar-refractivity contribution is 5.89. The Bertz CT molecular complexity index is 1100. The van der Waals surface area contributed by atoms with E-state index in [2.05, 4.69) is 25.5 Å².